The van der Waals surface area contributed by atoms with E-state index in [1.165, 1.54) is 28.9 Å². The van der Waals surface area contributed by atoms with E-state index in [1.807, 2.05) is 37.3 Å². The van der Waals surface area contributed by atoms with Crippen LogP contribution in [0.2, 0.25) is 0 Å². The van der Waals surface area contributed by atoms with Crippen LogP contribution in [0.25, 0.3) is 17.2 Å². The number of hydrogen-bond acceptors (Lipinski definition) is 6. The van der Waals surface area contributed by atoms with Gasteiger partial charge in [0.2, 0.25) is 5.88 Å². The minimum atomic E-state index is -0.365. The molecule has 2 heterocycles. The average Bonchev–Trinajstić information content (AvgIpc) is 3.11. The summed E-state index contributed by atoms with van der Waals surface area (Å²) in [7, 11) is 0. The van der Waals surface area contributed by atoms with Crippen LogP contribution in [0.1, 0.15) is 18.2 Å². The molecule has 0 fully saturated rings. The van der Waals surface area contributed by atoms with Gasteiger partial charge in [-0.05, 0) is 30.7 Å². The van der Waals surface area contributed by atoms with Crippen LogP contribution >= 0.6 is 0 Å². The predicted molar refractivity (Wildman–Crippen MR) is 110 cm³/mol. The van der Waals surface area contributed by atoms with Crippen molar-refractivity contribution in [3.63, 3.8) is 0 Å². The minimum absolute atomic E-state index is 0.194. The van der Waals surface area contributed by atoms with Crippen LogP contribution in [0, 0.1) is 17.1 Å². The molecule has 4 rings (SSSR count). The molecule has 0 radical (unpaired) electrons. The van der Waals surface area contributed by atoms with Crippen molar-refractivity contribution in [3.8, 4) is 34.9 Å². The van der Waals surface area contributed by atoms with Crippen LogP contribution in [0.15, 0.2) is 60.7 Å². The van der Waals surface area contributed by atoms with Crippen molar-refractivity contribution in [2.75, 3.05) is 5.73 Å². The summed E-state index contributed by atoms with van der Waals surface area (Å²) in [4.78, 5) is 9.05. The van der Waals surface area contributed by atoms with Crippen molar-refractivity contribution in [1.82, 2.24) is 19.7 Å². The molecule has 0 saturated heterocycles. The van der Waals surface area contributed by atoms with E-state index in [2.05, 4.69) is 21.1 Å². The van der Waals surface area contributed by atoms with Crippen molar-refractivity contribution in [1.29, 1.82) is 5.26 Å². The van der Waals surface area contributed by atoms with Gasteiger partial charge < -0.3 is 10.5 Å². The SMILES string of the molecule is CCc1nn(-c2cc(Oc3ccc(F)cc3)nc(-c3ccccc3)n2)c(N)c1C#N. The molecule has 148 valence electrons. The number of nitriles is 1. The third-order valence-corrected chi connectivity index (χ3v) is 4.41. The summed E-state index contributed by atoms with van der Waals surface area (Å²) in [5.74, 6) is 1.24. The summed E-state index contributed by atoms with van der Waals surface area (Å²) in [5.41, 5.74) is 7.83. The lowest BCUT2D eigenvalue weighted by molar-refractivity contribution is 0.460. The first kappa shape index (κ1) is 19.1. The Morgan fingerprint density at radius 2 is 1.83 bits per heavy atom. The van der Waals surface area contributed by atoms with E-state index in [0.29, 0.717) is 35.1 Å². The number of ether oxygens (including phenoxy) is 1. The molecule has 2 aromatic carbocycles. The smallest absolute Gasteiger partial charge is 0.225 e. The molecule has 0 unspecified atom stereocenters. The maximum absolute atomic E-state index is 13.2. The monoisotopic (exact) mass is 400 g/mol. The summed E-state index contributed by atoms with van der Waals surface area (Å²) in [6.45, 7) is 1.89. The standard InChI is InChI=1S/C22H17FN6O/c1-2-18-17(13-24)21(25)29(28-18)19-12-20(30-16-10-8-15(23)9-11-16)27-22(26-19)14-6-4-3-5-7-14/h3-12H,2,25H2,1H3. The Bertz CT molecular complexity index is 1230. The molecule has 0 aliphatic carbocycles. The molecule has 0 amide bonds. The number of rotatable bonds is 5. The second-order valence-corrected chi connectivity index (χ2v) is 6.39. The van der Waals surface area contributed by atoms with Gasteiger partial charge in [0.25, 0.3) is 0 Å². The fraction of sp³-hybridized carbons (Fsp3) is 0.0909. The third kappa shape index (κ3) is 3.69. The van der Waals surface area contributed by atoms with Crippen molar-refractivity contribution >= 4 is 5.82 Å². The molecule has 0 saturated carbocycles. The second kappa shape index (κ2) is 8.01. The molecule has 0 aliphatic rings. The predicted octanol–water partition coefficient (Wildman–Crippen LogP) is 4.28. The molecule has 0 spiro atoms. The fourth-order valence-electron chi connectivity index (χ4n) is 2.94. The van der Waals surface area contributed by atoms with Crippen LogP contribution in [-0.4, -0.2) is 19.7 Å². The summed E-state index contributed by atoms with van der Waals surface area (Å²) in [5, 5.41) is 13.9. The Labute approximate surface area is 172 Å². The topological polar surface area (TPSA) is 103 Å². The minimum Gasteiger partial charge on any atom is -0.439 e. The zero-order valence-corrected chi connectivity index (χ0v) is 16.1. The van der Waals surface area contributed by atoms with Gasteiger partial charge in [0.1, 0.15) is 29.0 Å². The van der Waals surface area contributed by atoms with Gasteiger partial charge in [-0.25, -0.2) is 9.37 Å². The third-order valence-electron chi connectivity index (χ3n) is 4.41. The number of halogens is 1. The largest absolute Gasteiger partial charge is 0.439 e. The average molecular weight is 400 g/mol. The highest BCUT2D eigenvalue weighted by Crippen LogP contribution is 2.27. The Kier molecular flexibility index (Phi) is 5.09. The Morgan fingerprint density at radius 3 is 2.47 bits per heavy atom. The molecule has 2 N–H and O–H groups in total. The highest BCUT2D eigenvalue weighted by Gasteiger charge is 2.18. The number of hydrogen-bond donors (Lipinski definition) is 1. The van der Waals surface area contributed by atoms with Crippen LogP contribution in [0.3, 0.4) is 0 Å². The van der Waals surface area contributed by atoms with E-state index in [1.54, 1.807) is 6.07 Å². The van der Waals surface area contributed by atoms with Gasteiger partial charge in [-0.2, -0.15) is 20.0 Å². The number of nitrogens with two attached hydrogens (primary N) is 1. The second-order valence-electron chi connectivity index (χ2n) is 6.39. The summed E-state index contributed by atoms with van der Waals surface area (Å²) in [6, 6.07) is 18.6. The van der Waals surface area contributed by atoms with Gasteiger partial charge in [-0.15, -0.1) is 0 Å². The summed E-state index contributed by atoms with van der Waals surface area (Å²) >= 11 is 0. The van der Waals surface area contributed by atoms with E-state index in [9.17, 15) is 9.65 Å². The first-order valence-electron chi connectivity index (χ1n) is 9.24. The lowest BCUT2D eigenvalue weighted by Crippen LogP contribution is -2.07. The molecule has 30 heavy (non-hydrogen) atoms. The highest BCUT2D eigenvalue weighted by atomic mass is 19.1. The molecule has 0 atom stereocenters. The zero-order chi connectivity index (χ0) is 21.1. The van der Waals surface area contributed by atoms with Crippen molar-refractivity contribution in [2.45, 2.75) is 13.3 Å². The Morgan fingerprint density at radius 1 is 1.10 bits per heavy atom. The van der Waals surface area contributed by atoms with Crippen molar-refractivity contribution in [3.05, 3.63) is 77.7 Å². The quantitative estimate of drug-likeness (QED) is 0.536. The number of aromatic nitrogens is 4. The van der Waals surface area contributed by atoms with E-state index >= 15 is 0 Å². The first-order valence-corrected chi connectivity index (χ1v) is 9.24. The van der Waals surface area contributed by atoms with Gasteiger partial charge >= 0.3 is 0 Å². The van der Waals surface area contributed by atoms with Crippen LogP contribution < -0.4 is 10.5 Å². The zero-order valence-electron chi connectivity index (χ0n) is 16.1. The van der Waals surface area contributed by atoms with Crippen LogP contribution in [0.5, 0.6) is 11.6 Å². The van der Waals surface area contributed by atoms with E-state index in [-0.39, 0.29) is 17.5 Å². The van der Waals surface area contributed by atoms with Crippen LogP contribution in [-0.2, 0) is 6.42 Å². The van der Waals surface area contributed by atoms with Gasteiger partial charge in [-0.3, -0.25) is 0 Å². The lowest BCUT2D eigenvalue weighted by atomic mass is 10.2. The van der Waals surface area contributed by atoms with Gasteiger partial charge in [0.05, 0.1) is 5.69 Å². The molecule has 0 aliphatic heterocycles. The lowest BCUT2D eigenvalue weighted by Gasteiger charge is -2.10. The molecule has 8 heteroatoms. The van der Waals surface area contributed by atoms with Crippen molar-refractivity contribution in [2.24, 2.45) is 0 Å². The normalized spacial score (nSPS) is 10.6. The fourth-order valence-corrected chi connectivity index (χ4v) is 2.94. The number of nitrogens with zero attached hydrogens (tertiary/aromatic N) is 5. The van der Waals surface area contributed by atoms with E-state index in [4.69, 9.17) is 10.5 Å². The Balaban J connectivity index is 1.85. The summed E-state index contributed by atoms with van der Waals surface area (Å²) < 4.78 is 20.4. The molecule has 7 nitrogen and oxygen atoms in total. The van der Waals surface area contributed by atoms with Gasteiger partial charge in [-0.1, -0.05) is 37.3 Å². The number of nitrogen functional groups attached to an aromatic ring is 1. The van der Waals surface area contributed by atoms with Gasteiger partial charge in [0.15, 0.2) is 11.6 Å². The molecular weight excluding hydrogens is 383 g/mol. The maximum atomic E-state index is 13.2. The first-order chi connectivity index (χ1) is 14.6. The van der Waals surface area contributed by atoms with Crippen LogP contribution in [0.4, 0.5) is 10.2 Å². The molecule has 2 aromatic heterocycles. The molecule has 0 bridgehead atoms. The summed E-state index contributed by atoms with van der Waals surface area (Å²) in [6.07, 6.45) is 0.551. The maximum Gasteiger partial charge on any atom is 0.225 e. The number of anilines is 1. The van der Waals surface area contributed by atoms with E-state index < -0.39 is 0 Å². The van der Waals surface area contributed by atoms with Gasteiger partial charge in [0, 0.05) is 11.6 Å². The van der Waals surface area contributed by atoms with Crippen molar-refractivity contribution < 1.29 is 9.13 Å². The Hall–Kier alpha value is -4.25. The number of benzene rings is 2. The highest BCUT2D eigenvalue weighted by molar-refractivity contribution is 5.59. The molecule has 4 aromatic rings. The number of aryl methyl sites for hydroxylation is 1. The van der Waals surface area contributed by atoms with E-state index in [0.717, 1.165) is 5.56 Å². The molecular formula is C22H17FN6O.